The smallest absolute Gasteiger partial charge is 0.283 e. The molecule has 2 aromatic rings. The molecule has 0 aliphatic heterocycles. The molecule has 1 heterocycles. The van der Waals surface area contributed by atoms with Gasteiger partial charge in [-0.1, -0.05) is 0 Å². The first-order valence-corrected chi connectivity index (χ1v) is 6.06. The van der Waals surface area contributed by atoms with Gasteiger partial charge in [0.2, 0.25) is 0 Å². The Balaban J connectivity index is 2.18. The number of carbonyl (C=O) groups is 1. The maximum atomic E-state index is 10.9. The van der Waals surface area contributed by atoms with Gasteiger partial charge in [-0.15, -0.1) is 0 Å². The van der Waals surface area contributed by atoms with Crippen molar-refractivity contribution in [1.29, 1.82) is 0 Å². The van der Waals surface area contributed by atoms with Crippen molar-refractivity contribution in [3.63, 3.8) is 0 Å². The van der Waals surface area contributed by atoms with E-state index in [4.69, 9.17) is 9.47 Å². The van der Waals surface area contributed by atoms with Crippen molar-refractivity contribution < 1.29 is 19.2 Å². The number of hydrogen-bond acceptors (Lipinski definition) is 6. The lowest BCUT2D eigenvalue weighted by Gasteiger charge is -2.11. The van der Waals surface area contributed by atoms with Crippen molar-refractivity contribution in [2.45, 2.75) is 6.54 Å². The second kappa shape index (κ2) is 6.51. The molecule has 0 saturated heterocycles. The van der Waals surface area contributed by atoms with Crippen LogP contribution in [0.15, 0.2) is 30.9 Å². The zero-order valence-corrected chi connectivity index (χ0v) is 11.3. The summed E-state index contributed by atoms with van der Waals surface area (Å²) in [6.45, 7) is 0.816. The highest BCUT2D eigenvalue weighted by Crippen LogP contribution is 2.33. The number of carbonyl (C=O) groups excluding carboxylic acids is 1. The van der Waals surface area contributed by atoms with Crippen LogP contribution in [0.4, 0.5) is 5.69 Å². The van der Waals surface area contributed by atoms with E-state index >= 15 is 0 Å². The van der Waals surface area contributed by atoms with E-state index in [1.54, 1.807) is 23.3 Å². The standard InChI is InChI=1S/C13H13N3O5/c1-20-12-6-10(8-17)11(16(18)19)7-13(12)21-5-4-15-3-2-14-9-15/h2-3,6-9H,4-5H2,1H3. The molecule has 8 heteroatoms. The van der Waals surface area contributed by atoms with E-state index in [-0.39, 0.29) is 29.4 Å². The fraction of sp³-hybridized carbons (Fsp3) is 0.231. The molecule has 1 aromatic heterocycles. The first kappa shape index (κ1) is 14.5. The zero-order chi connectivity index (χ0) is 15.2. The number of nitro benzene ring substituents is 1. The molecule has 0 N–H and O–H groups in total. The molecule has 0 amide bonds. The highest BCUT2D eigenvalue weighted by molar-refractivity contribution is 5.83. The number of aromatic nitrogens is 2. The van der Waals surface area contributed by atoms with Crippen molar-refractivity contribution in [2.24, 2.45) is 0 Å². The largest absolute Gasteiger partial charge is 0.493 e. The maximum Gasteiger partial charge on any atom is 0.283 e. The molecule has 2 rings (SSSR count). The van der Waals surface area contributed by atoms with Crippen molar-refractivity contribution in [3.8, 4) is 11.5 Å². The number of hydrogen-bond donors (Lipinski definition) is 0. The van der Waals surface area contributed by atoms with E-state index in [1.165, 1.54) is 19.2 Å². The van der Waals surface area contributed by atoms with Gasteiger partial charge in [0.25, 0.3) is 5.69 Å². The Labute approximate surface area is 120 Å². The van der Waals surface area contributed by atoms with Crippen LogP contribution in [0.3, 0.4) is 0 Å². The average molecular weight is 291 g/mol. The third-order valence-corrected chi connectivity index (χ3v) is 2.80. The summed E-state index contributed by atoms with van der Waals surface area (Å²) in [5, 5.41) is 10.9. The van der Waals surface area contributed by atoms with Crippen LogP contribution in [0.5, 0.6) is 11.5 Å². The molecule has 0 bridgehead atoms. The van der Waals surface area contributed by atoms with Crippen LogP contribution in [0.1, 0.15) is 10.4 Å². The molecule has 0 aliphatic carbocycles. The third-order valence-electron chi connectivity index (χ3n) is 2.80. The molecule has 21 heavy (non-hydrogen) atoms. The van der Waals surface area contributed by atoms with E-state index in [2.05, 4.69) is 4.98 Å². The van der Waals surface area contributed by atoms with E-state index < -0.39 is 4.92 Å². The van der Waals surface area contributed by atoms with Gasteiger partial charge in [0, 0.05) is 18.5 Å². The van der Waals surface area contributed by atoms with Gasteiger partial charge in [0.1, 0.15) is 6.61 Å². The minimum absolute atomic E-state index is 0.0567. The summed E-state index contributed by atoms with van der Waals surface area (Å²) in [6.07, 6.45) is 5.47. The fourth-order valence-electron chi connectivity index (χ4n) is 1.77. The van der Waals surface area contributed by atoms with E-state index in [0.717, 1.165) is 0 Å². The summed E-state index contributed by atoms with van der Waals surface area (Å²) in [7, 11) is 1.40. The van der Waals surface area contributed by atoms with Crippen LogP contribution in [0.25, 0.3) is 0 Å². The second-order valence-electron chi connectivity index (χ2n) is 4.09. The molecule has 110 valence electrons. The zero-order valence-electron chi connectivity index (χ0n) is 11.3. The first-order chi connectivity index (χ1) is 10.2. The highest BCUT2D eigenvalue weighted by Gasteiger charge is 2.19. The van der Waals surface area contributed by atoms with Crippen LogP contribution in [0, 0.1) is 10.1 Å². The van der Waals surface area contributed by atoms with Gasteiger partial charge in [-0.05, 0) is 0 Å². The summed E-state index contributed by atoms with van der Waals surface area (Å²) in [5.41, 5.74) is -0.373. The number of methoxy groups -OCH3 is 1. The number of aldehydes is 1. The van der Waals surface area contributed by atoms with E-state index in [9.17, 15) is 14.9 Å². The van der Waals surface area contributed by atoms with Gasteiger partial charge in [0.15, 0.2) is 17.8 Å². The minimum atomic E-state index is -0.633. The van der Waals surface area contributed by atoms with E-state index in [1.807, 2.05) is 0 Å². The van der Waals surface area contributed by atoms with Crippen molar-refractivity contribution in [2.75, 3.05) is 13.7 Å². The third kappa shape index (κ3) is 3.35. The number of imidazole rings is 1. The topological polar surface area (TPSA) is 96.5 Å². The molecule has 0 fully saturated rings. The molecular formula is C13H13N3O5. The van der Waals surface area contributed by atoms with Gasteiger partial charge < -0.3 is 14.0 Å². The number of nitrogens with zero attached hydrogens (tertiary/aromatic N) is 3. The SMILES string of the molecule is COc1cc(C=O)c([N+](=O)[O-])cc1OCCn1ccnc1. The lowest BCUT2D eigenvalue weighted by Crippen LogP contribution is -2.08. The summed E-state index contributed by atoms with van der Waals surface area (Å²) < 4.78 is 12.4. The molecular weight excluding hydrogens is 278 g/mol. The Hall–Kier alpha value is -2.90. The number of ether oxygens (including phenoxy) is 2. The molecule has 0 unspecified atom stereocenters. The number of rotatable bonds is 7. The normalized spacial score (nSPS) is 10.1. The predicted octanol–water partition coefficient (Wildman–Crippen LogP) is 1.69. The van der Waals surface area contributed by atoms with Crippen LogP contribution in [-0.4, -0.2) is 34.5 Å². The summed E-state index contributed by atoms with van der Waals surface area (Å²) >= 11 is 0. The lowest BCUT2D eigenvalue weighted by molar-refractivity contribution is -0.385. The Morgan fingerprint density at radius 3 is 2.81 bits per heavy atom. The van der Waals surface area contributed by atoms with Gasteiger partial charge in [0.05, 0.1) is 36.5 Å². The van der Waals surface area contributed by atoms with Gasteiger partial charge >= 0.3 is 0 Å². The summed E-state index contributed by atoms with van der Waals surface area (Å²) in [5.74, 6) is 0.489. The monoisotopic (exact) mass is 291 g/mol. The van der Waals surface area contributed by atoms with Crippen molar-refractivity contribution >= 4 is 12.0 Å². The van der Waals surface area contributed by atoms with Gasteiger partial charge in [-0.25, -0.2) is 4.98 Å². The number of benzene rings is 1. The number of nitro groups is 1. The molecule has 1 aromatic carbocycles. The van der Waals surface area contributed by atoms with Crippen LogP contribution < -0.4 is 9.47 Å². The molecule has 8 nitrogen and oxygen atoms in total. The van der Waals surface area contributed by atoms with E-state index in [0.29, 0.717) is 12.8 Å². The molecule has 0 saturated carbocycles. The first-order valence-electron chi connectivity index (χ1n) is 6.06. The Kier molecular flexibility index (Phi) is 4.50. The van der Waals surface area contributed by atoms with Crippen LogP contribution >= 0.6 is 0 Å². The molecule has 0 aliphatic rings. The Morgan fingerprint density at radius 1 is 1.43 bits per heavy atom. The summed E-state index contributed by atoms with van der Waals surface area (Å²) in [6, 6.07) is 2.48. The predicted molar refractivity (Wildman–Crippen MR) is 72.8 cm³/mol. The van der Waals surface area contributed by atoms with Gasteiger partial charge in [-0.3, -0.25) is 14.9 Å². The quantitative estimate of drug-likeness (QED) is 0.437. The van der Waals surface area contributed by atoms with Crippen LogP contribution in [-0.2, 0) is 6.54 Å². The van der Waals surface area contributed by atoms with Crippen molar-refractivity contribution in [1.82, 2.24) is 9.55 Å². The maximum absolute atomic E-state index is 10.9. The lowest BCUT2D eigenvalue weighted by atomic mass is 10.1. The highest BCUT2D eigenvalue weighted by atomic mass is 16.6. The average Bonchev–Trinajstić information content (AvgIpc) is 2.99. The van der Waals surface area contributed by atoms with Crippen molar-refractivity contribution in [3.05, 3.63) is 46.5 Å². The minimum Gasteiger partial charge on any atom is -0.493 e. The fourth-order valence-corrected chi connectivity index (χ4v) is 1.77. The van der Waals surface area contributed by atoms with Crippen LogP contribution in [0.2, 0.25) is 0 Å². The Bertz CT molecular complexity index is 640. The molecule has 0 spiro atoms. The summed E-state index contributed by atoms with van der Waals surface area (Å²) in [4.78, 5) is 25.1. The molecule has 0 atom stereocenters. The van der Waals surface area contributed by atoms with Gasteiger partial charge in [-0.2, -0.15) is 0 Å². The second-order valence-corrected chi connectivity index (χ2v) is 4.09. The Morgan fingerprint density at radius 2 is 2.24 bits per heavy atom. The molecule has 0 radical (unpaired) electrons.